The van der Waals surface area contributed by atoms with Crippen LogP contribution in [0.4, 0.5) is 8.78 Å². The lowest BCUT2D eigenvalue weighted by Gasteiger charge is -2.07. The molecule has 0 radical (unpaired) electrons. The lowest BCUT2D eigenvalue weighted by molar-refractivity contribution is 0.191. The molecule has 1 aromatic rings. The van der Waals surface area contributed by atoms with Crippen molar-refractivity contribution in [3.05, 3.63) is 35.4 Å². The zero-order chi connectivity index (χ0) is 11.3. The molecule has 0 amide bonds. The summed E-state index contributed by atoms with van der Waals surface area (Å²) < 4.78 is 25.9. The summed E-state index contributed by atoms with van der Waals surface area (Å²) in [6.07, 6.45) is -0.0154. The summed E-state index contributed by atoms with van der Waals surface area (Å²) in [5.41, 5.74) is 0.355. The van der Waals surface area contributed by atoms with E-state index in [-0.39, 0.29) is 0 Å². The van der Waals surface area contributed by atoms with Gasteiger partial charge in [-0.25, -0.2) is 8.78 Å². The standard InChI is InChI=1S/C11H15F2NO/c1-8(15)7-14-5-4-9-6-10(12)2-3-11(9)13/h2-3,6,8,14-15H,4-5,7H2,1H3. The van der Waals surface area contributed by atoms with E-state index in [1.165, 1.54) is 6.07 Å². The Hall–Kier alpha value is -1.00. The average molecular weight is 215 g/mol. The van der Waals surface area contributed by atoms with E-state index in [2.05, 4.69) is 5.32 Å². The Kier molecular flexibility index (Phi) is 4.65. The first-order chi connectivity index (χ1) is 7.09. The minimum absolute atomic E-state index is 0.355. The fraction of sp³-hybridized carbons (Fsp3) is 0.455. The topological polar surface area (TPSA) is 32.3 Å². The van der Waals surface area contributed by atoms with Gasteiger partial charge in [-0.05, 0) is 43.7 Å². The molecule has 1 rings (SSSR count). The SMILES string of the molecule is CC(O)CNCCc1cc(F)ccc1F. The molecular formula is C11H15F2NO. The van der Waals surface area contributed by atoms with Gasteiger partial charge in [0.2, 0.25) is 0 Å². The molecular weight excluding hydrogens is 200 g/mol. The van der Waals surface area contributed by atoms with Gasteiger partial charge in [0, 0.05) is 6.54 Å². The highest BCUT2D eigenvalue weighted by Gasteiger charge is 2.03. The lowest BCUT2D eigenvalue weighted by Crippen LogP contribution is -2.26. The summed E-state index contributed by atoms with van der Waals surface area (Å²) in [4.78, 5) is 0. The van der Waals surface area contributed by atoms with Crippen LogP contribution >= 0.6 is 0 Å². The smallest absolute Gasteiger partial charge is 0.126 e. The number of rotatable bonds is 5. The van der Waals surface area contributed by atoms with Crippen molar-refractivity contribution in [2.75, 3.05) is 13.1 Å². The predicted molar refractivity (Wildman–Crippen MR) is 54.6 cm³/mol. The summed E-state index contributed by atoms with van der Waals surface area (Å²) >= 11 is 0. The van der Waals surface area contributed by atoms with Crippen molar-refractivity contribution in [2.45, 2.75) is 19.4 Å². The summed E-state index contributed by atoms with van der Waals surface area (Å²) in [6, 6.07) is 3.42. The van der Waals surface area contributed by atoms with E-state index in [0.29, 0.717) is 25.1 Å². The number of hydrogen-bond acceptors (Lipinski definition) is 2. The van der Waals surface area contributed by atoms with Crippen molar-refractivity contribution in [1.29, 1.82) is 0 Å². The van der Waals surface area contributed by atoms with Crippen molar-refractivity contribution in [1.82, 2.24) is 5.32 Å². The van der Waals surface area contributed by atoms with Gasteiger partial charge >= 0.3 is 0 Å². The molecule has 0 aliphatic carbocycles. The minimum Gasteiger partial charge on any atom is -0.392 e. The number of benzene rings is 1. The quantitative estimate of drug-likeness (QED) is 0.729. The van der Waals surface area contributed by atoms with Crippen molar-refractivity contribution in [2.24, 2.45) is 0 Å². The highest BCUT2D eigenvalue weighted by Crippen LogP contribution is 2.09. The van der Waals surface area contributed by atoms with E-state index in [1.54, 1.807) is 6.92 Å². The normalized spacial score (nSPS) is 12.8. The van der Waals surface area contributed by atoms with Crippen LogP contribution in [0.3, 0.4) is 0 Å². The molecule has 0 aliphatic heterocycles. The molecule has 2 N–H and O–H groups in total. The van der Waals surface area contributed by atoms with Gasteiger partial charge in [-0.3, -0.25) is 0 Å². The second-order valence-electron chi connectivity index (χ2n) is 3.54. The fourth-order valence-electron chi connectivity index (χ4n) is 1.27. The van der Waals surface area contributed by atoms with Gasteiger partial charge < -0.3 is 10.4 Å². The molecule has 0 bridgehead atoms. The maximum Gasteiger partial charge on any atom is 0.126 e. The average Bonchev–Trinajstić information content (AvgIpc) is 2.17. The van der Waals surface area contributed by atoms with Crippen LogP contribution in [-0.4, -0.2) is 24.3 Å². The summed E-state index contributed by atoms with van der Waals surface area (Å²) in [7, 11) is 0. The third-order valence-corrected chi connectivity index (χ3v) is 2.02. The Morgan fingerprint density at radius 1 is 1.40 bits per heavy atom. The second-order valence-corrected chi connectivity index (χ2v) is 3.54. The van der Waals surface area contributed by atoms with Crippen LogP contribution in [0.2, 0.25) is 0 Å². The summed E-state index contributed by atoms with van der Waals surface area (Å²) in [6.45, 7) is 2.64. The Bertz CT molecular complexity index is 315. The number of hydrogen-bond donors (Lipinski definition) is 2. The zero-order valence-corrected chi connectivity index (χ0v) is 8.63. The molecule has 15 heavy (non-hydrogen) atoms. The maximum absolute atomic E-state index is 13.1. The molecule has 1 atom stereocenters. The van der Waals surface area contributed by atoms with Crippen molar-refractivity contribution < 1.29 is 13.9 Å². The molecule has 2 nitrogen and oxygen atoms in total. The van der Waals surface area contributed by atoms with Crippen LogP contribution < -0.4 is 5.32 Å². The Morgan fingerprint density at radius 2 is 2.13 bits per heavy atom. The molecule has 1 unspecified atom stereocenters. The fourth-order valence-corrected chi connectivity index (χ4v) is 1.27. The Labute approximate surface area is 87.9 Å². The van der Waals surface area contributed by atoms with Gasteiger partial charge in [0.25, 0.3) is 0 Å². The largest absolute Gasteiger partial charge is 0.392 e. The Balaban J connectivity index is 2.40. The van der Waals surface area contributed by atoms with Crippen LogP contribution in [0.15, 0.2) is 18.2 Å². The van der Waals surface area contributed by atoms with E-state index in [4.69, 9.17) is 5.11 Å². The van der Waals surface area contributed by atoms with Gasteiger partial charge in [0.1, 0.15) is 11.6 Å². The highest BCUT2D eigenvalue weighted by atomic mass is 19.1. The van der Waals surface area contributed by atoms with E-state index < -0.39 is 17.7 Å². The number of aliphatic hydroxyl groups is 1. The first-order valence-corrected chi connectivity index (χ1v) is 4.92. The number of nitrogens with one attached hydrogen (secondary N) is 1. The monoisotopic (exact) mass is 215 g/mol. The molecule has 0 aromatic heterocycles. The van der Waals surface area contributed by atoms with Crippen LogP contribution in [0, 0.1) is 11.6 Å². The molecule has 84 valence electrons. The van der Waals surface area contributed by atoms with E-state index in [1.807, 2.05) is 0 Å². The van der Waals surface area contributed by atoms with Crippen molar-refractivity contribution in [3.63, 3.8) is 0 Å². The number of aliphatic hydroxyl groups excluding tert-OH is 1. The van der Waals surface area contributed by atoms with Crippen molar-refractivity contribution >= 4 is 0 Å². The van der Waals surface area contributed by atoms with Gasteiger partial charge in [0.15, 0.2) is 0 Å². The molecule has 0 aliphatic rings. The first-order valence-electron chi connectivity index (χ1n) is 4.92. The molecule has 0 saturated carbocycles. The third kappa shape index (κ3) is 4.36. The maximum atomic E-state index is 13.1. The van der Waals surface area contributed by atoms with Gasteiger partial charge in [-0.2, -0.15) is 0 Å². The third-order valence-electron chi connectivity index (χ3n) is 2.02. The molecule has 1 aromatic carbocycles. The van der Waals surface area contributed by atoms with Gasteiger partial charge in [-0.15, -0.1) is 0 Å². The molecule has 0 heterocycles. The van der Waals surface area contributed by atoms with E-state index in [0.717, 1.165) is 12.1 Å². The highest BCUT2D eigenvalue weighted by molar-refractivity contribution is 5.18. The van der Waals surface area contributed by atoms with Gasteiger partial charge in [-0.1, -0.05) is 0 Å². The second kappa shape index (κ2) is 5.78. The minimum atomic E-state index is -0.429. The zero-order valence-electron chi connectivity index (χ0n) is 8.63. The predicted octanol–water partition coefficient (Wildman–Crippen LogP) is 1.48. The Morgan fingerprint density at radius 3 is 2.80 bits per heavy atom. The lowest BCUT2D eigenvalue weighted by atomic mass is 10.1. The molecule has 0 saturated heterocycles. The summed E-state index contributed by atoms with van der Waals surface area (Å²) in [5, 5.41) is 11.9. The van der Waals surface area contributed by atoms with Crippen LogP contribution in [0.1, 0.15) is 12.5 Å². The van der Waals surface area contributed by atoms with Crippen LogP contribution in [-0.2, 0) is 6.42 Å². The first kappa shape index (κ1) is 12.1. The van der Waals surface area contributed by atoms with Crippen molar-refractivity contribution in [3.8, 4) is 0 Å². The van der Waals surface area contributed by atoms with Crippen LogP contribution in [0.25, 0.3) is 0 Å². The van der Waals surface area contributed by atoms with E-state index >= 15 is 0 Å². The molecule has 0 fully saturated rings. The van der Waals surface area contributed by atoms with Gasteiger partial charge in [0.05, 0.1) is 6.10 Å². The number of halogens is 2. The van der Waals surface area contributed by atoms with Crippen LogP contribution in [0.5, 0.6) is 0 Å². The summed E-state index contributed by atoms with van der Waals surface area (Å²) in [5.74, 6) is -0.822. The molecule has 4 heteroatoms. The molecule has 0 spiro atoms. The van der Waals surface area contributed by atoms with E-state index in [9.17, 15) is 8.78 Å².